The summed E-state index contributed by atoms with van der Waals surface area (Å²) >= 11 is 0. The highest BCUT2D eigenvalue weighted by Gasteiger charge is 2.44. The van der Waals surface area contributed by atoms with Gasteiger partial charge in [0.15, 0.2) is 5.85 Å². The minimum Gasteiger partial charge on any atom is -0.307 e. The standard InChI is InChI=1S/C28H39NO7P2/c1-5-32-37(30,33-6-2)28(36-38(31,34-7-3)35-8-4)21-27(29-22-23-15-10-9-11-16-23)26-20-14-18-24-17-12-13-19-25(24)26/h9-20,27-29H,5-8,21-22H2,1-4H3. The van der Waals surface area contributed by atoms with Crippen molar-refractivity contribution in [2.75, 3.05) is 26.4 Å². The summed E-state index contributed by atoms with van der Waals surface area (Å²) in [5, 5.41) is 5.71. The molecule has 2 atom stereocenters. The van der Waals surface area contributed by atoms with E-state index < -0.39 is 21.3 Å². The van der Waals surface area contributed by atoms with Crippen molar-refractivity contribution in [3.05, 3.63) is 83.9 Å². The lowest BCUT2D eigenvalue weighted by Crippen LogP contribution is -2.28. The van der Waals surface area contributed by atoms with Crippen LogP contribution >= 0.6 is 15.4 Å². The van der Waals surface area contributed by atoms with Gasteiger partial charge in [0.1, 0.15) is 0 Å². The summed E-state index contributed by atoms with van der Waals surface area (Å²) in [6, 6.07) is 23.8. The molecule has 0 aromatic heterocycles. The van der Waals surface area contributed by atoms with E-state index in [1.54, 1.807) is 27.7 Å². The Morgan fingerprint density at radius 1 is 0.711 bits per heavy atom. The molecule has 0 aliphatic heterocycles. The quantitative estimate of drug-likeness (QED) is 0.166. The van der Waals surface area contributed by atoms with Gasteiger partial charge in [-0.05, 0) is 49.6 Å². The first-order chi connectivity index (χ1) is 18.4. The predicted molar refractivity (Wildman–Crippen MR) is 151 cm³/mol. The van der Waals surface area contributed by atoms with Crippen LogP contribution in [0.15, 0.2) is 72.8 Å². The van der Waals surface area contributed by atoms with E-state index in [9.17, 15) is 9.13 Å². The van der Waals surface area contributed by atoms with E-state index in [1.807, 2.05) is 72.8 Å². The fourth-order valence-electron chi connectivity index (χ4n) is 4.27. The zero-order valence-electron chi connectivity index (χ0n) is 22.6. The molecule has 8 nitrogen and oxygen atoms in total. The Balaban J connectivity index is 2.07. The normalized spacial score (nSPS) is 14.0. The maximum atomic E-state index is 14.1. The van der Waals surface area contributed by atoms with Crippen LogP contribution in [0.5, 0.6) is 0 Å². The fraction of sp³-hybridized carbons (Fsp3) is 0.429. The van der Waals surface area contributed by atoms with E-state index in [4.69, 9.17) is 22.6 Å². The molecule has 2 unspecified atom stereocenters. The molecule has 0 aliphatic carbocycles. The second-order valence-electron chi connectivity index (χ2n) is 8.44. The molecule has 0 amide bonds. The molecule has 0 saturated heterocycles. The maximum Gasteiger partial charge on any atom is 0.475 e. The molecule has 38 heavy (non-hydrogen) atoms. The first kappa shape index (κ1) is 30.7. The molecule has 3 rings (SSSR count). The largest absolute Gasteiger partial charge is 0.475 e. The van der Waals surface area contributed by atoms with Gasteiger partial charge in [0.25, 0.3) is 0 Å². The van der Waals surface area contributed by atoms with Gasteiger partial charge in [-0.25, -0.2) is 4.57 Å². The minimum atomic E-state index is -4.05. The van der Waals surface area contributed by atoms with Crippen LogP contribution in [0.3, 0.4) is 0 Å². The van der Waals surface area contributed by atoms with Crippen molar-refractivity contribution < 1.29 is 31.7 Å². The first-order valence-corrected chi connectivity index (χ1v) is 16.2. The van der Waals surface area contributed by atoms with Crippen LogP contribution in [0.2, 0.25) is 0 Å². The van der Waals surface area contributed by atoms with Crippen LogP contribution in [0.25, 0.3) is 10.8 Å². The van der Waals surface area contributed by atoms with Crippen LogP contribution < -0.4 is 5.32 Å². The van der Waals surface area contributed by atoms with E-state index in [0.717, 1.165) is 21.9 Å². The van der Waals surface area contributed by atoms with Gasteiger partial charge < -0.3 is 14.4 Å². The number of hydrogen-bond donors (Lipinski definition) is 1. The van der Waals surface area contributed by atoms with Crippen LogP contribution in [0.1, 0.15) is 51.3 Å². The summed E-state index contributed by atoms with van der Waals surface area (Å²) in [5.41, 5.74) is 2.07. The average Bonchev–Trinajstić information content (AvgIpc) is 2.91. The Labute approximate surface area is 226 Å². The first-order valence-electron chi connectivity index (χ1n) is 13.1. The number of phosphoric acid groups is 1. The lowest BCUT2D eigenvalue weighted by molar-refractivity contribution is 0.0821. The van der Waals surface area contributed by atoms with Crippen molar-refractivity contribution in [1.82, 2.24) is 5.32 Å². The van der Waals surface area contributed by atoms with Gasteiger partial charge >= 0.3 is 15.4 Å². The predicted octanol–water partition coefficient (Wildman–Crippen LogP) is 7.85. The van der Waals surface area contributed by atoms with E-state index in [0.29, 0.717) is 6.54 Å². The molecular formula is C28H39NO7P2. The SMILES string of the molecule is CCOP(=O)(OCC)OC(CC(NCc1ccccc1)c1cccc2ccccc12)P(=O)(OCC)OCC. The number of fused-ring (bicyclic) bond motifs is 1. The summed E-state index contributed by atoms with van der Waals surface area (Å²) < 4.78 is 55.6. The van der Waals surface area contributed by atoms with Gasteiger partial charge in [0.2, 0.25) is 0 Å². The minimum absolute atomic E-state index is 0.0938. The van der Waals surface area contributed by atoms with E-state index in [2.05, 4.69) is 5.32 Å². The highest BCUT2D eigenvalue weighted by Crippen LogP contribution is 2.63. The maximum absolute atomic E-state index is 14.1. The van der Waals surface area contributed by atoms with Gasteiger partial charge in [-0.3, -0.25) is 18.1 Å². The molecule has 0 heterocycles. The molecule has 10 heteroatoms. The Morgan fingerprint density at radius 2 is 1.29 bits per heavy atom. The lowest BCUT2D eigenvalue weighted by atomic mass is 9.96. The zero-order valence-corrected chi connectivity index (χ0v) is 24.4. The summed E-state index contributed by atoms with van der Waals surface area (Å²) in [6.45, 7) is 7.81. The van der Waals surface area contributed by atoms with Crippen molar-refractivity contribution >= 4 is 26.2 Å². The third-order valence-corrected chi connectivity index (χ3v) is 9.91. The number of rotatable bonds is 17. The van der Waals surface area contributed by atoms with E-state index >= 15 is 0 Å². The summed E-state index contributed by atoms with van der Waals surface area (Å²) in [4.78, 5) is 0. The zero-order chi connectivity index (χ0) is 27.4. The molecule has 0 saturated carbocycles. The third kappa shape index (κ3) is 8.32. The van der Waals surface area contributed by atoms with Crippen LogP contribution in [-0.2, 0) is 38.3 Å². The summed E-state index contributed by atoms with van der Waals surface area (Å²) in [6.07, 6.45) is 0.127. The number of benzene rings is 3. The molecule has 0 aliphatic rings. The molecule has 0 bridgehead atoms. The summed E-state index contributed by atoms with van der Waals surface area (Å²) in [5.74, 6) is -1.22. The Morgan fingerprint density at radius 3 is 1.92 bits per heavy atom. The average molecular weight is 564 g/mol. The molecule has 3 aromatic rings. The fourth-order valence-corrected chi connectivity index (χ4v) is 7.89. The van der Waals surface area contributed by atoms with Crippen molar-refractivity contribution in [1.29, 1.82) is 0 Å². The third-order valence-electron chi connectivity index (χ3n) is 5.83. The molecular weight excluding hydrogens is 524 g/mol. The number of phosphoric ester groups is 1. The van der Waals surface area contributed by atoms with Crippen LogP contribution in [0, 0.1) is 0 Å². The Bertz CT molecular complexity index is 1200. The molecule has 1 N–H and O–H groups in total. The summed E-state index contributed by atoms with van der Waals surface area (Å²) in [7, 11) is -7.95. The van der Waals surface area contributed by atoms with Gasteiger partial charge in [0.05, 0.1) is 26.4 Å². The monoisotopic (exact) mass is 563 g/mol. The van der Waals surface area contributed by atoms with Gasteiger partial charge in [-0.15, -0.1) is 0 Å². The van der Waals surface area contributed by atoms with Gasteiger partial charge in [-0.2, -0.15) is 0 Å². The van der Waals surface area contributed by atoms with E-state index in [1.165, 1.54) is 0 Å². The van der Waals surface area contributed by atoms with Crippen molar-refractivity contribution in [2.24, 2.45) is 0 Å². The van der Waals surface area contributed by atoms with Gasteiger partial charge in [-0.1, -0.05) is 72.8 Å². The smallest absolute Gasteiger partial charge is 0.307 e. The molecule has 0 radical (unpaired) electrons. The van der Waals surface area contributed by atoms with Crippen LogP contribution in [-0.4, -0.2) is 32.3 Å². The highest BCUT2D eigenvalue weighted by molar-refractivity contribution is 7.56. The van der Waals surface area contributed by atoms with Crippen LogP contribution in [0.4, 0.5) is 0 Å². The molecule has 0 fully saturated rings. The van der Waals surface area contributed by atoms with Crippen molar-refractivity contribution in [3.63, 3.8) is 0 Å². The van der Waals surface area contributed by atoms with Gasteiger partial charge in [0, 0.05) is 19.0 Å². The molecule has 0 spiro atoms. The highest BCUT2D eigenvalue weighted by atomic mass is 31.2. The lowest BCUT2D eigenvalue weighted by Gasteiger charge is -2.32. The second-order valence-corrected chi connectivity index (χ2v) is 12.2. The Kier molecular flexibility index (Phi) is 12.2. The van der Waals surface area contributed by atoms with Crippen molar-refractivity contribution in [2.45, 2.75) is 52.5 Å². The second kappa shape index (κ2) is 15.1. The van der Waals surface area contributed by atoms with Crippen molar-refractivity contribution in [3.8, 4) is 0 Å². The molecule has 3 aromatic carbocycles. The topological polar surface area (TPSA) is 92.3 Å². The number of hydrogen-bond acceptors (Lipinski definition) is 8. The Hall–Kier alpha value is -1.86. The molecule has 208 valence electrons. The number of nitrogens with one attached hydrogen (secondary N) is 1. The van der Waals surface area contributed by atoms with E-state index in [-0.39, 0.29) is 38.9 Å².